The van der Waals surface area contributed by atoms with Gasteiger partial charge in [0, 0.05) is 11.3 Å². The number of phenolic OH excluding ortho intramolecular Hbond substituents is 1. The van der Waals surface area contributed by atoms with Crippen molar-refractivity contribution in [1.82, 2.24) is 20.2 Å². The van der Waals surface area contributed by atoms with Crippen LogP contribution in [-0.2, 0) is 33.9 Å². The average Bonchev–Trinajstić information content (AvgIpc) is 3.29. The Kier molecular flexibility index (Phi) is 8.35. The van der Waals surface area contributed by atoms with Crippen LogP contribution >= 0.6 is 11.8 Å². The molecule has 0 saturated carbocycles. The number of carboxylic acid groups (broad SMARTS) is 1. The Labute approximate surface area is 244 Å². The maximum atomic E-state index is 12.3. The number of rotatable bonds is 7. The van der Waals surface area contributed by atoms with Gasteiger partial charge in [0.1, 0.15) is 35.3 Å². The lowest BCUT2D eigenvalue weighted by Gasteiger charge is -2.43. The molecule has 2 bridgehead atoms. The van der Waals surface area contributed by atoms with Crippen molar-refractivity contribution in [3.8, 4) is 5.75 Å². The first kappa shape index (κ1) is 31.3. The zero-order valence-corrected chi connectivity index (χ0v) is 23.9. The summed E-state index contributed by atoms with van der Waals surface area (Å²) in [5.41, 5.74) is 11.5. The zero-order chi connectivity index (χ0) is 31.3. The summed E-state index contributed by atoms with van der Waals surface area (Å²) in [4.78, 5) is 61.4. The van der Waals surface area contributed by atoms with Gasteiger partial charge in [0.2, 0.25) is 17.7 Å². The summed E-state index contributed by atoms with van der Waals surface area (Å²) in [7, 11) is -4.75. The van der Waals surface area contributed by atoms with Gasteiger partial charge in [0.05, 0.1) is 6.04 Å². The molecule has 8 N–H and O–H groups in total. The van der Waals surface area contributed by atoms with Crippen LogP contribution < -0.4 is 16.8 Å². The standard InChI is InChI=1S/C16H19N3O5S.C7H11N3O6S/c1-16(2)11(15(23)24)19-13(22)10(14(19)25-16)18-12(21)9(17)7-3-5-8(20)6-4-7;8-6(11)5-2-1-4-3-9(5)7(12)10(4)16-17(13,14)15/h3-6,9-11,14,20H,17H2,1-2H3,(H,18,21)(H,23,24);4-5H,1-3H2,(H2,8,11)(H,13,14,15)/t9-,10-,11+,14-;/m1./s1. The quantitative estimate of drug-likeness (QED) is 0.148. The fraction of sp³-hybridized carbons (Fsp3) is 0.522. The van der Waals surface area contributed by atoms with E-state index in [0.717, 1.165) is 4.90 Å². The number of carbonyl (C=O) groups excluding carboxylic acids is 4. The van der Waals surface area contributed by atoms with E-state index in [-0.39, 0.29) is 12.3 Å². The Morgan fingerprint density at radius 3 is 2.33 bits per heavy atom. The van der Waals surface area contributed by atoms with Crippen molar-refractivity contribution >= 4 is 51.9 Å². The van der Waals surface area contributed by atoms with Crippen LogP contribution in [0, 0.1) is 0 Å². The highest BCUT2D eigenvalue weighted by Gasteiger charge is 2.64. The fourth-order valence-electron chi connectivity index (χ4n) is 5.35. The number of hydrogen-bond donors (Lipinski definition) is 6. The number of nitrogens with one attached hydrogen (secondary N) is 1. The number of piperidine rings is 1. The van der Waals surface area contributed by atoms with E-state index in [2.05, 4.69) is 9.60 Å². The maximum absolute atomic E-state index is 12.3. The third-order valence-corrected chi connectivity index (χ3v) is 9.25. The van der Waals surface area contributed by atoms with Crippen LogP contribution in [0.1, 0.15) is 38.3 Å². The van der Waals surface area contributed by atoms with E-state index in [9.17, 15) is 42.6 Å². The van der Waals surface area contributed by atoms with Crippen molar-refractivity contribution in [2.75, 3.05) is 6.54 Å². The molecule has 4 heterocycles. The molecule has 17 nitrogen and oxygen atoms in total. The van der Waals surface area contributed by atoms with Crippen LogP contribution in [0.25, 0.3) is 0 Å². The van der Waals surface area contributed by atoms with E-state index >= 15 is 0 Å². The normalized spacial score (nSPS) is 28.3. The summed E-state index contributed by atoms with van der Waals surface area (Å²) in [6, 6.07) is 1.17. The summed E-state index contributed by atoms with van der Waals surface area (Å²) < 4.78 is 33.2. The molecule has 5 amide bonds. The van der Waals surface area contributed by atoms with Crippen molar-refractivity contribution in [1.29, 1.82) is 0 Å². The van der Waals surface area contributed by atoms with Crippen LogP contribution in [-0.4, -0.2) is 109 Å². The third-order valence-electron chi connectivity index (χ3n) is 7.33. The number of phenols is 1. The SMILES string of the molecule is CC1(C)S[C@@H]2[C@H](NC(=O)[C@H](N)c3ccc(O)cc3)C(=O)N2[C@H]1C(=O)O.NC(=O)C1CCC2CN1C(=O)N2OS(=O)(=O)O. The van der Waals surface area contributed by atoms with E-state index in [4.69, 9.17) is 16.0 Å². The molecule has 0 aliphatic carbocycles. The van der Waals surface area contributed by atoms with E-state index in [1.54, 1.807) is 13.8 Å². The molecule has 4 fully saturated rings. The topological polar surface area (TPSA) is 263 Å². The first-order valence-corrected chi connectivity index (χ1v) is 14.8. The van der Waals surface area contributed by atoms with Gasteiger partial charge < -0.3 is 36.8 Å². The number of primary amides is 1. The molecule has 42 heavy (non-hydrogen) atoms. The summed E-state index contributed by atoms with van der Waals surface area (Å²) in [5, 5.41) is 21.4. The molecule has 0 aromatic heterocycles. The highest BCUT2D eigenvalue weighted by molar-refractivity contribution is 8.01. The Morgan fingerprint density at radius 2 is 1.79 bits per heavy atom. The van der Waals surface area contributed by atoms with Gasteiger partial charge in [-0.05, 0) is 44.4 Å². The molecule has 0 spiro atoms. The minimum atomic E-state index is -4.75. The summed E-state index contributed by atoms with van der Waals surface area (Å²) >= 11 is 1.35. The van der Waals surface area contributed by atoms with Gasteiger partial charge in [-0.1, -0.05) is 12.1 Å². The number of nitrogens with zero attached hydrogens (tertiary/aromatic N) is 3. The second-order valence-electron chi connectivity index (χ2n) is 10.6. The van der Waals surface area contributed by atoms with Crippen LogP contribution in [0.4, 0.5) is 4.79 Å². The number of amides is 5. The molecule has 230 valence electrons. The number of thioether (sulfide) groups is 1. The van der Waals surface area contributed by atoms with E-state index in [1.807, 2.05) is 0 Å². The molecule has 0 radical (unpaired) electrons. The lowest BCUT2D eigenvalue weighted by atomic mass is 9.95. The van der Waals surface area contributed by atoms with Crippen LogP contribution in [0.3, 0.4) is 0 Å². The van der Waals surface area contributed by atoms with Crippen LogP contribution in [0.2, 0.25) is 0 Å². The Balaban J connectivity index is 0.000000208. The number of benzene rings is 1. The van der Waals surface area contributed by atoms with Gasteiger partial charge in [0.15, 0.2) is 0 Å². The van der Waals surface area contributed by atoms with Crippen LogP contribution in [0.5, 0.6) is 5.75 Å². The van der Waals surface area contributed by atoms with E-state index < -0.39 is 80.5 Å². The second-order valence-corrected chi connectivity index (χ2v) is 13.3. The van der Waals surface area contributed by atoms with Crippen molar-refractivity contribution in [2.45, 2.75) is 67.0 Å². The smallest absolute Gasteiger partial charge is 0.418 e. The molecule has 2 unspecified atom stereocenters. The highest BCUT2D eigenvalue weighted by atomic mass is 32.3. The monoisotopic (exact) mass is 630 g/mol. The van der Waals surface area contributed by atoms with E-state index in [0.29, 0.717) is 23.5 Å². The van der Waals surface area contributed by atoms with Crippen molar-refractivity contribution in [3.63, 3.8) is 0 Å². The predicted octanol–water partition coefficient (Wildman–Crippen LogP) is -1.50. The van der Waals surface area contributed by atoms with Crippen molar-refractivity contribution in [3.05, 3.63) is 29.8 Å². The first-order chi connectivity index (χ1) is 19.4. The summed E-state index contributed by atoms with van der Waals surface area (Å²) in [5.74, 6) is -2.59. The average molecular weight is 631 g/mol. The summed E-state index contributed by atoms with van der Waals surface area (Å²) in [6.07, 6.45) is 0.725. The number of fused-ring (bicyclic) bond motifs is 3. The van der Waals surface area contributed by atoms with Gasteiger partial charge in [-0.2, -0.15) is 13.5 Å². The van der Waals surface area contributed by atoms with Gasteiger partial charge >= 0.3 is 22.4 Å². The molecule has 1 aromatic rings. The molecule has 5 rings (SSSR count). The van der Waals surface area contributed by atoms with Crippen molar-refractivity contribution in [2.24, 2.45) is 11.5 Å². The highest BCUT2D eigenvalue weighted by Crippen LogP contribution is 2.50. The molecule has 1 aromatic carbocycles. The molecule has 4 aliphatic rings. The van der Waals surface area contributed by atoms with E-state index in [1.165, 1.54) is 40.9 Å². The Bertz CT molecular complexity index is 1410. The van der Waals surface area contributed by atoms with Gasteiger partial charge in [-0.15, -0.1) is 16.0 Å². The zero-order valence-electron chi connectivity index (χ0n) is 22.3. The van der Waals surface area contributed by atoms with Gasteiger partial charge in [-0.3, -0.25) is 18.9 Å². The number of β-lactam (4-membered cyclic amide) rings is 1. The lowest BCUT2D eigenvalue weighted by molar-refractivity contribution is -0.161. The van der Waals surface area contributed by atoms with Crippen LogP contribution in [0.15, 0.2) is 24.3 Å². The Morgan fingerprint density at radius 1 is 1.17 bits per heavy atom. The largest absolute Gasteiger partial charge is 0.508 e. The molecule has 4 aliphatic heterocycles. The van der Waals surface area contributed by atoms with Crippen molar-refractivity contribution < 1.29 is 51.4 Å². The Hall–Kier alpha value is -3.65. The number of carbonyl (C=O) groups is 5. The number of carboxylic acids is 1. The summed E-state index contributed by atoms with van der Waals surface area (Å²) in [6.45, 7) is 3.69. The fourth-order valence-corrected chi connectivity index (χ4v) is 7.36. The number of hydroxylamine groups is 2. The van der Waals surface area contributed by atoms with Gasteiger partial charge in [0.25, 0.3) is 0 Å². The first-order valence-electron chi connectivity index (χ1n) is 12.6. The van der Waals surface area contributed by atoms with Gasteiger partial charge in [-0.25, -0.2) is 9.59 Å². The molecule has 4 saturated heterocycles. The molecule has 6 atom stereocenters. The molecular formula is C23H30N6O11S2. The molecular weight excluding hydrogens is 600 g/mol. The maximum Gasteiger partial charge on any atom is 0.418 e. The lowest BCUT2D eigenvalue weighted by Crippen LogP contribution is -2.71. The number of aliphatic carboxylic acids is 1. The third kappa shape index (κ3) is 5.95. The number of nitrogens with two attached hydrogens (primary N) is 2. The minimum Gasteiger partial charge on any atom is -0.508 e. The predicted molar refractivity (Wildman–Crippen MR) is 143 cm³/mol. The number of aromatic hydroxyl groups is 1. The minimum absolute atomic E-state index is 0.0606. The molecule has 19 heteroatoms. The number of hydrogen-bond acceptors (Lipinski definition) is 11. The number of urea groups is 1. The second kappa shape index (κ2) is 11.2.